The molecule has 0 aliphatic rings. The predicted molar refractivity (Wildman–Crippen MR) is 77.4 cm³/mol. The maximum Gasteiger partial charge on any atom is 0.313 e. The maximum absolute atomic E-state index is 10.7. The number of rotatable bonds is 7. The molecule has 0 fully saturated rings. The normalized spacial score (nSPS) is 12.1. The molecule has 0 spiro atoms. The van der Waals surface area contributed by atoms with Crippen molar-refractivity contribution in [3.63, 3.8) is 0 Å². The van der Waals surface area contributed by atoms with E-state index in [1.807, 2.05) is 0 Å². The number of benzene rings is 1. The van der Waals surface area contributed by atoms with Crippen LogP contribution in [0.5, 0.6) is 0 Å². The van der Waals surface area contributed by atoms with Crippen LogP contribution in [0.2, 0.25) is 0 Å². The van der Waals surface area contributed by atoms with E-state index in [-0.39, 0.29) is 12.2 Å². The van der Waals surface area contributed by atoms with Gasteiger partial charge in [-0.25, -0.2) is 14.8 Å². The number of nitrogens with zero attached hydrogens (tertiary/aromatic N) is 1. The van der Waals surface area contributed by atoms with Gasteiger partial charge in [0.15, 0.2) is 11.0 Å². The lowest BCUT2D eigenvalue weighted by Gasteiger charge is -1.99. The molecule has 0 saturated heterocycles. The summed E-state index contributed by atoms with van der Waals surface area (Å²) in [6.07, 6.45) is 0.266. The minimum Gasteiger partial charge on any atom is -0.286 e. The minimum atomic E-state index is -3.97. The van der Waals surface area contributed by atoms with Crippen LogP contribution >= 0.6 is 24.7 Å². The molecule has 8 nitrogen and oxygen atoms in total. The second-order valence-corrected chi connectivity index (χ2v) is 6.91. The molecule has 2 rings (SSSR count). The van der Waals surface area contributed by atoms with E-state index in [4.69, 9.17) is 9.81 Å². The number of aromatic amines is 1. The van der Waals surface area contributed by atoms with Crippen LogP contribution in [-0.4, -0.2) is 29.0 Å². The van der Waals surface area contributed by atoms with Gasteiger partial charge >= 0.3 is 5.16 Å². The molecule has 11 heteroatoms. The van der Waals surface area contributed by atoms with Crippen molar-refractivity contribution in [1.82, 2.24) is 4.98 Å². The molecule has 0 radical (unpaired) electrons. The number of hydrogen-bond donors (Lipinski definition) is 4. The Bertz CT molecular complexity index is 730. The third-order valence-electron chi connectivity index (χ3n) is 2.71. The average Bonchev–Trinajstić information content (AvgIpc) is 2.70. The van der Waals surface area contributed by atoms with Crippen molar-refractivity contribution in [2.75, 3.05) is 5.75 Å². The monoisotopic (exact) mass is 353 g/mol. The third kappa shape index (κ3) is 4.57. The number of nitrogens with one attached hydrogen (secondary N) is 1. The second kappa shape index (κ2) is 6.96. The number of hydrogen-bond acceptors (Lipinski definition) is 7. The van der Waals surface area contributed by atoms with E-state index >= 15 is 0 Å². The van der Waals surface area contributed by atoms with Crippen molar-refractivity contribution in [2.45, 2.75) is 23.0 Å². The number of fused-ring (bicyclic) bond motifs is 1. The Morgan fingerprint density at radius 3 is 2.86 bits per heavy atom. The summed E-state index contributed by atoms with van der Waals surface area (Å²) >= 11 is 5.13. The fourth-order valence-electron chi connectivity index (χ4n) is 1.89. The second-order valence-electron chi connectivity index (χ2n) is 4.14. The van der Waals surface area contributed by atoms with Crippen LogP contribution in [0, 0.1) is 0 Å². The van der Waals surface area contributed by atoms with Crippen LogP contribution in [0.1, 0.15) is 6.42 Å². The summed E-state index contributed by atoms with van der Waals surface area (Å²) in [5.41, 5.74) is 1.59. The lowest BCUT2D eigenvalue weighted by molar-refractivity contribution is -0.708. The summed E-state index contributed by atoms with van der Waals surface area (Å²) in [4.78, 5) is 3.73. The Morgan fingerprint density at radius 2 is 2.19 bits per heavy atom. The molecule has 0 bridgehead atoms. The quantitative estimate of drug-likeness (QED) is 0.149. The summed E-state index contributed by atoms with van der Waals surface area (Å²) in [7, 11) is -3.97. The molecule has 1 aromatic heterocycles. The van der Waals surface area contributed by atoms with Gasteiger partial charge in [0, 0.05) is 17.4 Å². The van der Waals surface area contributed by atoms with Crippen LogP contribution in [0.25, 0.3) is 11.0 Å². The molecule has 3 N–H and O–H groups in total. The highest BCUT2D eigenvalue weighted by atomic mass is 32.2. The molecule has 2 aromatic rings. The molecular weight excluding hydrogens is 340 g/mol. The van der Waals surface area contributed by atoms with Crippen molar-refractivity contribution >= 4 is 45.8 Å². The Hall–Kier alpha value is -0.820. The van der Waals surface area contributed by atoms with Crippen molar-refractivity contribution < 1.29 is 32.2 Å². The van der Waals surface area contributed by atoms with Crippen LogP contribution in [0.15, 0.2) is 28.3 Å². The van der Waals surface area contributed by atoms with Crippen molar-refractivity contribution in [2.24, 2.45) is 0 Å². The van der Waals surface area contributed by atoms with E-state index < -0.39 is 10.1 Å². The number of thiol groups is 1. The van der Waals surface area contributed by atoms with Crippen molar-refractivity contribution in [3.05, 3.63) is 18.2 Å². The van der Waals surface area contributed by atoms with Gasteiger partial charge in [-0.2, -0.15) is 8.42 Å². The molecule has 116 valence electrons. The highest BCUT2D eigenvalue weighted by Gasteiger charge is 2.17. The smallest absolute Gasteiger partial charge is 0.286 e. The van der Waals surface area contributed by atoms with E-state index in [2.05, 4.69) is 27.0 Å². The van der Waals surface area contributed by atoms with Gasteiger partial charge in [0.1, 0.15) is 0 Å². The highest BCUT2D eigenvalue weighted by molar-refractivity contribution is 7.94. The Labute approximate surface area is 130 Å². The third-order valence-corrected chi connectivity index (χ3v) is 4.44. The molecule has 0 saturated carbocycles. The van der Waals surface area contributed by atoms with Gasteiger partial charge < -0.3 is 0 Å². The van der Waals surface area contributed by atoms with Crippen LogP contribution in [0.4, 0.5) is 0 Å². The summed E-state index contributed by atoms with van der Waals surface area (Å²) in [5.74, 6) is -0.310. The van der Waals surface area contributed by atoms with Crippen molar-refractivity contribution in [3.8, 4) is 0 Å². The Kier molecular flexibility index (Phi) is 5.48. The first-order chi connectivity index (χ1) is 9.90. The summed E-state index contributed by atoms with van der Waals surface area (Å²) in [6.45, 7) is 0.390. The van der Waals surface area contributed by atoms with Gasteiger partial charge in [0.05, 0.1) is 24.3 Å². The number of aromatic nitrogens is 2. The Morgan fingerprint density at radius 1 is 1.43 bits per heavy atom. The first kappa shape index (κ1) is 16.5. The van der Waals surface area contributed by atoms with E-state index in [1.165, 1.54) is 0 Å². The zero-order chi connectivity index (χ0) is 15.5. The zero-order valence-electron chi connectivity index (χ0n) is 10.6. The zero-order valence-corrected chi connectivity index (χ0v) is 13.1. The van der Waals surface area contributed by atoms with E-state index in [1.54, 1.807) is 22.8 Å². The topological polar surface area (TPSA) is 113 Å². The van der Waals surface area contributed by atoms with E-state index in [9.17, 15) is 8.42 Å². The SMILES string of the molecule is O=S(=O)(O)CCC[n+]1c(S)[nH]c2cc(SOOO)ccc21. The lowest BCUT2D eigenvalue weighted by Crippen LogP contribution is -2.35. The molecule has 0 atom stereocenters. The predicted octanol–water partition coefficient (Wildman–Crippen LogP) is 1.45. The largest absolute Gasteiger partial charge is 0.313 e. The fraction of sp³-hybridized carbons (Fsp3) is 0.300. The van der Waals surface area contributed by atoms with Crippen molar-refractivity contribution in [1.29, 1.82) is 0 Å². The molecule has 0 unspecified atom stereocenters. The summed E-state index contributed by atoms with van der Waals surface area (Å²) < 4.78 is 36.3. The lowest BCUT2D eigenvalue weighted by atomic mass is 10.3. The van der Waals surface area contributed by atoms with Gasteiger partial charge in [-0.15, -0.1) is 4.33 Å². The first-order valence-electron chi connectivity index (χ1n) is 5.75. The highest BCUT2D eigenvalue weighted by Crippen LogP contribution is 2.23. The maximum atomic E-state index is 10.7. The van der Waals surface area contributed by atoms with Crippen LogP contribution in [-0.2, 0) is 26.0 Å². The van der Waals surface area contributed by atoms with E-state index in [0.717, 1.165) is 23.1 Å². The number of aryl methyl sites for hydroxylation is 1. The molecule has 1 aromatic carbocycles. The van der Waals surface area contributed by atoms with Gasteiger partial charge in [0.25, 0.3) is 10.1 Å². The van der Waals surface area contributed by atoms with E-state index in [0.29, 0.717) is 16.6 Å². The molecule has 21 heavy (non-hydrogen) atoms. The van der Waals surface area contributed by atoms with Gasteiger partial charge in [-0.3, -0.25) is 4.55 Å². The fourth-order valence-corrected chi connectivity index (χ4v) is 3.11. The summed E-state index contributed by atoms with van der Waals surface area (Å²) in [6, 6.07) is 5.30. The molecule has 0 aliphatic carbocycles. The summed E-state index contributed by atoms with van der Waals surface area (Å²) in [5, 5.41) is 12.2. The Balaban J connectivity index is 2.18. The molecule has 0 amide bonds. The van der Waals surface area contributed by atoms with Gasteiger partial charge in [0.2, 0.25) is 0 Å². The number of imidazole rings is 1. The van der Waals surface area contributed by atoms with Crippen LogP contribution in [0.3, 0.4) is 0 Å². The molecule has 1 heterocycles. The van der Waals surface area contributed by atoms with Gasteiger partial charge in [-0.1, -0.05) is 17.7 Å². The van der Waals surface area contributed by atoms with Crippen LogP contribution < -0.4 is 4.57 Å². The first-order valence-corrected chi connectivity index (χ1v) is 8.55. The average molecular weight is 353 g/mol. The molecular formula is C10H13N2O6S3+. The number of H-pyrrole nitrogens is 1. The minimum absolute atomic E-state index is 0.266. The van der Waals surface area contributed by atoms with Gasteiger partial charge in [-0.05, 0) is 12.1 Å². The standard InChI is InChI=1S/C10H12N2O6S3/c13-17-18-20-7-2-3-9-8(6-7)11-10(19)12(9)4-1-5-21(14,15)16/h2-3,6H,1,4-5H2,(H3,11,13,14,15,16,19)/p+1. The molecule has 0 aliphatic heterocycles.